The van der Waals surface area contributed by atoms with Crippen molar-refractivity contribution in [1.82, 2.24) is 10.2 Å². The zero-order valence-corrected chi connectivity index (χ0v) is 22.0. The smallest absolute Gasteiger partial charge is 0.264 e. The summed E-state index contributed by atoms with van der Waals surface area (Å²) < 4.78 is 41.8. The monoisotopic (exact) mass is 525 g/mol. The van der Waals surface area contributed by atoms with Crippen molar-refractivity contribution in [2.24, 2.45) is 0 Å². The number of aryl methyl sites for hydroxylation is 1. The normalized spacial score (nSPS) is 12.0. The van der Waals surface area contributed by atoms with Gasteiger partial charge >= 0.3 is 0 Å². The first-order chi connectivity index (χ1) is 17.7. The number of sulfonamides is 1. The molecule has 0 radical (unpaired) electrons. The van der Waals surface area contributed by atoms with E-state index < -0.39 is 34.3 Å². The minimum Gasteiger partial charge on any atom is -0.355 e. The van der Waals surface area contributed by atoms with Gasteiger partial charge < -0.3 is 10.2 Å². The van der Waals surface area contributed by atoms with Crippen molar-refractivity contribution in [2.75, 3.05) is 17.4 Å². The molecule has 1 unspecified atom stereocenters. The molecule has 0 aliphatic heterocycles. The van der Waals surface area contributed by atoms with Crippen molar-refractivity contribution >= 4 is 27.5 Å². The predicted octanol–water partition coefficient (Wildman–Crippen LogP) is 4.27. The second-order valence-corrected chi connectivity index (χ2v) is 10.5. The Morgan fingerprint density at radius 3 is 2.11 bits per heavy atom. The summed E-state index contributed by atoms with van der Waals surface area (Å²) in [5, 5.41) is 2.77. The van der Waals surface area contributed by atoms with Crippen molar-refractivity contribution in [2.45, 2.75) is 44.7 Å². The van der Waals surface area contributed by atoms with Crippen molar-refractivity contribution < 1.29 is 22.4 Å². The lowest BCUT2D eigenvalue weighted by atomic mass is 10.1. The number of para-hydroxylation sites is 1. The van der Waals surface area contributed by atoms with Crippen LogP contribution in [0.15, 0.2) is 83.8 Å². The summed E-state index contributed by atoms with van der Waals surface area (Å²) in [6.07, 6.45) is 0.347. The summed E-state index contributed by atoms with van der Waals surface area (Å²) in [6, 6.07) is 19.5. The average molecular weight is 526 g/mol. The fourth-order valence-corrected chi connectivity index (χ4v) is 5.37. The maximum atomic E-state index is 13.8. The van der Waals surface area contributed by atoms with Gasteiger partial charge in [0.1, 0.15) is 18.4 Å². The van der Waals surface area contributed by atoms with Gasteiger partial charge in [0.05, 0.1) is 10.6 Å². The molecule has 0 spiro atoms. The Balaban J connectivity index is 2.02. The summed E-state index contributed by atoms with van der Waals surface area (Å²) in [4.78, 5) is 28.0. The number of nitrogens with zero attached hydrogens (tertiary/aromatic N) is 2. The molecule has 37 heavy (non-hydrogen) atoms. The van der Waals surface area contributed by atoms with Gasteiger partial charge in [-0.3, -0.25) is 13.9 Å². The van der Waals surface area contributed by atoms with Crippen molar-refractivity contribution in [3.05, 3.63) is 95.8 Å². The van der Waals surface area contributed by atoms with Crippen LogP contribution in [0.2, 0.25) is 0 Å². The van der Waals surface area contributed by atoms with Crippen LogP contribution in [-0.4, -0.2) is 44.3 Å². The Hall–Kier alpha value is -3.72. The van der Waals surface area contributed by atoms with E-state index in [0.717, 1.165) is 27.6 Å². The predicted molar refractivity (Wildman–Crippen MR) is 142 cm³/mol. The third kappa shape index (κ3) is 6.95. The van der Waals surface area contributed by atoms with Crippen LogP contribution in [0.5, 0.6) is 0 Å². The van der Waals surface area contributed by atoms with Crippen LogP contribution in [0.3, 0.4) is 0 Å². The number of nitrogens with one attached hydrogen (secondary N) is 1. The SMILES string of the molecule is CCNC(=O)C(CC)N(Cc1ccc(C)cc1)C(=O)CN(c1ccccc1)S(=O)(=O)c1ccc(F)cc1. The van der Waals surface area contributed by atoms with Crippen molar-refractivity contribution in [3.63, 3.8) is 0 Å². The standard InChI is InChI=1S/C28H32FN3O4S/c1-4-26(28(34)30-5-2)31(19-22-13-11-21(3)12-14-22)27(33)20-32(24-9-7-6-8-10-24)37(35,36)25-17-15-23(29)16-18-25/h6-18,26H,4-5,19-20H2,1-3H3,(H,30,34). The molecular formula is C28H32FN3O4S. The summed E-state index contributed by atoms with van der Waals surface area (Å²) in [7, 11) is -4.22. The lowest BCUT2D eigenvalue weighted by molar-refractivity contribution is -0.140. The van der Waals surface area contributed by atoms with Crippen LogP contribution in [-0.2, 0) is 26.2 Å². The van der Waals surface area contributed by atoms with E-state index in [9.17, 15) is 22.4 Å². The molecule has 0 bridgehead atoms. The van der Waals surface area contributed by atoms with E-state index in [4.69, 9.17) is 0 Å². The molecule has 7 nitrogen and oxygen atoms in total. The van der Waals surface area contributed by atoms with Gasteiger partial charge in [0.2, 0.25) is 11.8 Å². The first kappa shape index (κ1) is 27.9. The van der Waals surface area contributed by atoms with Crippen LogP contribution in [0.1, 0.15) is 31.4 Å². The van der Waals surface area contributed by atoms with Gasteiger partial charge in [-0.1, -0.05) is 55.0 Å². The third-order valence-corrected chi connectivity index (χ3v) is 7.72. The number of carbonyl (C=O) groups excluding carboxylic acids is 2. The molecule has 0 saturated carbocycles. The molecule has 0 aliphatic carbocycles. The molecule has 0 heterocycles. The molecule has 2 amide bonds. The number of rotatable bonds is 11. The third-order valence-electron chi connectivity index (χ3n) is 5.94. The minimum atomic E-state index is -4.22. The van der Waals surface area contributed by atoms with Crippen LogP contribution < -0.4 is 9.62 Å². The van der Waals surface area contributed by atoms with Crippen LogP contribution >= 0.6 is 0 Å². The molecule has 196 valence electrons. The van der Waals surface area contributed by atoms with Gasteiger partial charge in [-0.25, -0.2) is 12.8 Å². The number of hydrogen-bond acceptors (Lipinski definition) is 4. The van der Waals surface area contributed by atoms with Gasteiger partial charge in [-0.2, -0.15) is 0 Å². The van der Waals surface area contributed by atoms with Gasteiger partial charge in [0.15, 0.2) is 0 Å². The molecule has 3 rings (SSSR count). The number of halogens is 1. The van der Waals surface area contributed by atoms with E-state index in [0.29, 0.717) is 13.0 Å². The van der Waals surface area contributed by atoms with E-state index in [2.05, 4.69) is 5.32 Å². The minimum absolute atomic E-state index is 0.133. The molecule has 0 aromatic heterocycles. The number of anilines is 1. The maximum Gasteiger partial charge on any atom is 0.264 e. The second-order valence-electron chi connectivity index (χ2n) is 8.63. The highest BCUT2D eigenvalue weighted by Crippen LogP contribution is 2.25. The van der Waals surface area contributed by atoms with Crippen molar-refractivity contribution in [1.29, 1.82) is 0 Å². The molecule has 1 atom stereocenters. The van der Waals surface area contributed by atoms with Gasteiger partial charge in [0.25, 0.3) is 10.0 Å². The number of benzene rings is 3. The second kappa shape index (κ2) is 12.5. The van der Waals surface area contributed by atoms with E-state index in [1.165, 1.54) is 17.0 Å². The summed E-state index contributed by atoms with van der Waals surface area (Å²) in [5.41, 5.74) is 2.15. The number of likely N-dealkylation sites (N-methyl/N-ethyl adjacent to an activating group) is 1. The molecule has 0 saturated heterocycles. The average Bonchev–Trinajstić information content (AvgIpc) is 2.89. The quantitative estimate of drug-likeness (QED) is 0.405. The first-order valence-corrected chi connectivity index (χ1v) is 13.6. The molecule has 0 fully saturated rings. The Bertz CT molecular complexity index is 1300. The molecule has 1 N–H and O–H groups in total. The lowest BCUT2D eigenvalue weighted by Crippen LogP contribution is -2.52. The fraction of sp³-hybridized carbons (Fsp3) is 0.286. The topological polar surface area (TPSA) is 86.8 Å². The van der Waals surface area contributed by atoms with Crippen LogP contribution in [0, 0.1) is 12.7 Å². The highest BCUT2D eigenvalue weighted by atomic mass is 32.2. The number of hydrogen-bond donors (Lipinski definition) is 1. The number of amides is 2. The van der Waals surface area contributed by atoms with Gasteiger partial charge in [-0.05, 0) is 62.2 Å². The van der Waals surface area contributed by atoms with Gasteiger partial charge in [-0.15, -0.1) is 0 Å². The van der Waals surface area contributed by atoms with Crippen molar-refractivity contribution in [3.8, 4) is 0 Å². The Kier molecular flexibility index (Phi) is 9.41. The van der Waals surface area contributed by atoms with Crippen LogP contribution in [0.4, 0.5) is 10.1 Å². The molecule has 3 aromatic rings. The summed E-state index contributed by atoms with van der Waals surface area (Å²) >= 11 is 0. The zero-order valence-electron chi connectivity index (χ0n) is 21.2. The Labute approximate surface area is 218 Å². The molecule has 0 aliphatic rings. The van der Waals surface area contributed by atoms with Crippen LogP contribution in [0.25, 0.3) is 0 Å². The van der Waals surface area contributed by atoms with Gasteiger partial charge in [0, 0.05) is 13.1 Å². The van der Waals surface area contributed by atoms with E-state index in [-0.39, 0.29) is 23.0 Å². The first-order valence-electron chi connectivity index (χ1n) is 12.1. The highest BCUT2D eigenvalue weighted by Gasteiger charge is 2.33. The molecule has 3 aromatic carbocycles. The largest absolute Gasteiger partial charge is 0.355 e. The Morgan fingerprint density at radius 1 is 0.919 bits per heavy atom. The maximum absolute atomic E-state index is 13.8. The lowest BCUT2D eigenvalue weighted by Gasteiger charge is -2.33. The molecule has 9 heteroatoms. The fourth-order valence-electron chi connectivity index (χ4n) is 3.96. The van der Waals surface area contributed by atoms with E-state index in [1.54, 1.807) is 44.2 Å². The van der Waals surface area contributed by atoms with E-state index >= 15 is 0 Å². The zero-order chi connectivity index (χ0) is 27.0. The number of carbonyl (C=O) groups is 2. The van der Waals surface area contributed by atoms with E-state index in [1.807, 2.05) is 31.2 Å². The highest BCUT2D eigenvalue weighted by molar-refractivity contribution is 7.92. The summed E-state index contributed by atoms with van der Waals surface area (Å²) in [6.45, 7) is 5.55. The molecular weight excluding hydrogens is 493 g/mol. The Morgan fingerprint density at radius 2 is 1.54 bits per heavy atom. The summed E-state index contributed by atoms with van der Waals surface area (Å²) in [5.74, 6) is -1.41.